The highest BCUT2D eigenvalue weighted by Crippen LogP contribution is 2.22. The number of fused-ring (bicyclic) bond motifs is 1. The number of carbonyl (C=O) groups excluding carboxylic acids is 1. The van der Waals surface area contributed by atoms with E-state index < -0.39 is 0 Å². The predicted molar refractivity (Wildman–Crippen MR) is 131 cm³/mol. The normalized spacial score (nSPS) is 21.1. The van der Waals surface area contributed by atoms with Crippen LogP contribution in [0.4, 0.5) is 5.82 Å². The molecular formula is C25H37N7O. The minimum atomic E-state index is -0.171. The second kappa shape index (κ2) is 10.3. The Hall–Kier alpha value is -2.32. The number of aromatic nitrogens is 3. The van der Waals surface area contributed by atoms with Gasteiger partial charge in [0.15, 0.2) is 0 Å². The Morgan fingerprint density at radius 1 is 0.879 bits per heavy atom. The van der Waals surface area contributed by atoms with E-state index in [2.05, 4.69) is 30.0 Å². The lowest BCUT2D eigenvalue weighted by Gasteiger charge is -2.33. The van der Waals surface area contributed by atoms with Crippen LogP contribution in [0.1, 0.15) is 61.3 Å². The van der Waals surface area contributed by atoms with Gasteiger partial charge in [0.25, 0.3) is 5.91 Å². The number of likely N-dealkylation sites (tertiary alicyclic amines) is 2. The molecule has 1 N–H and O–H groups in total. The lowest BCUT2D eigenvalue weighted by molar-refractivity contribution is 0.0897. The lowest BCUT2D eigenvalue weighted by Crippen LogP contribution is -2.46. The highest BCUT2D eigenvalue weighted by atomic mass is 16.2. The number of rotatable bonds is 6. The number of piperidine rings is 2. The van der Waals surface area contributed by atoms with Crippen molar-refractivity contribution in [2.24, 2.45) is 0 Å². The molecule has 0 spiro atoms. The Morgan fingerprint density at radius 3 is 2.27 bits per heavy atom. The van der Waals surface area contributed by atoms with Crippen LogP contribution >= 0.6 is 0 Å². The van der Waals surface area contributed by atoms with Crippen LogP contribution in [0.3, 0.4) is 0 Å². The molecule has 178 valence electrons. The molecule has 3 aliphatic rings. The summed E-state index contributed by atoms with van der Waals surface area (Å²) in [6.07, 6.45) is 8.39. The third-order valence-electron chi connectivity index (χ3n) is 7.44. The van der Waals surface area contributed by atoms with Crippen LogP contribution in [-0.2, 0) is 0 Å². The summed E-state index contributed by atoms with van der Waals surface area (Å²) in [5.74, 6) is 1.07. The Labute approximate surface area is 196 Å². The molecule has 0 unspecified atom stereocenters. The average Bonchev–Trinajstić information content (AvgIpc) is 3.38. The van der Waals surface area contributed by atoms with Gasteiger partial charge in [-0.05, 0) is 77.1 Å². The molecule has 33 heavy (non-hydrogen) atoms. The summed E-state index contributed by atoms with van der Waals surface area (Å²) in [6.45, 7) is 10.9. The van der Waals surface area contributed by atoms with E-state index >= 15 is 0 Å². The van der Waals surface area contributed by atoms with E-state index in [9.17, 15) is 4.79 Å². The van der Waals surface area contributed by atoms with Crippen LogP contribution in [0.5, 0.6) is 0 Å². The number of aryl methyl sites for hydroxylation is 1. The average molecular weight is 452 g/mol. The zero-order valence-electron chi connectivity index (χ0n) is 19.9. The van der Waals surface area contributed by atoms with Crippen LogP contribution in [0.15, 0.2) is 12.1 Å². The molecule has 0 aliphatic carbocycles. The number of carbonyl (C=O) groups is 1. The van der Waals surface area contributed by atoms with Crippen LogP contribution in [0.25, 0.3) is 11.0 Å². The van der Waals surface area contributed by atoms with E-state index in [-0.39, 0.29) is 17.8 Å². The molecule has 0 atom stereocenters. The summed E-state index contributed by atoms with van der Waals surface area (Å²) in [4.78, 5) is 34.3. The number of nitrogens with zero attached hydrogens (tertiary/aromatic N) is 6. The molecule has 5 heterocycles. The highest BCUT2D eigenvalue weighted by Gasteiger charge is 2.23. The van der Waals surface area contributed by atoms with Gasteiger partial charge in [-0.25, -0.2) is 15.0 Å². The summed E-state index contributed by atoms with van der Waals surface area (Å²) >= 11 is 0. The van der Waals surface area contributed by atoms with Gasteiger partial charge in [-0.3, -0.25) is 4.79 Å². The fourth-order valence-corrected chi connectivity index (χ4v) is 5.39. The van der Waals surface area contributed by atoms with Crippen molar-refractivity contribution in [1.82, 2.24) is 30.1 Å². The zero-order valence-corrected chi connectivity index (χ0v) is 19.9. The Bertz CT molecular complexity index is 961. The number of anilines is 1. The van der Waals surface area contributed by atoms with Gasteiger partial charge in [-0.15, -0.1) is 0 Å². The molecule has 1 amide bonds. The zero-order chi connectivity index (χ0) is 22.6. The first kappa shape index (κ1) is 22.5. The van der Waals surface area contributed by atoms with E-state index in [0.717, 1.165) is 68.1 Å². The molecule has 8 heteroatoms. The van der Waals surface area contributed by atoms with Crippen LogP contribution in [-0.4, -0.2) is 89.1 Å². The van der Waals surface area contributed by atoms with Crippen molar-refractivity contribution in [3.05, 3.63) is 23.7 Å². The molecule has 5 rings (SSSR count). The van der Waals surface area contributed by atoms with Gasteiger partial charge < -0.3 is 20.0 Å². The predicted octanol–water partition coefficient (Wildman–Crippen LogP) is 2.61. The number of pyridine rings is 1. The van der Waals surface area contributed by atoms with E-state index in [0.29, 0.717) is 0 Å². The first-order valence-corrected chi connectivity index (χ1v) is 12.8. The molecule has 0 radical (unpaired) electrons. The number of hydrogen-bond acceptors (Lipinski definition) is 7. The molecular weight excluding hydrogens is 414 g/mol. The largest absolute Gasteiger partial charge is 0.357 e. The number of nitrogens with one attached hydrogen (secondary N) is 1. The van der Waals surface area contributed by atoms with Crippen LogP contribution < -0.4 is 10.2 Å². The minimum absolute atomic E-state index is 0.171. The van der Waals surface area contributed by atoms with Gasteiger partial charge in [-0.2, -0.15) is 0 Å². The molecule has 8 nitrogen and oxygen atoms in total. The van der Waals surface area contributed by atoms with E-state index in [4.69, 9.17) is 4.98 Å². The van der Waals surface area contributed by atoms with Gasteiger partial charge in [0.05, 0.1) is 11.2 Å². The fraction of sp³-hybridized carbons (Fsp3) is 0.680. The molecule has 0 saturated carbocycles. The molecule has 2 aromatic heterocycles. The Balaban J connectivity index is 1.17. The van der Waals surface area contributed by atoms with Gasteiger partial charge in [0.1, 0.15) is 11.3 Å². The molecule has 3 aliphatic heterocycles. The van der Waals surface area contributed by atoms with Crippen LogP contribution in [0, 0.1) is 6.92 Å². The van der Waals surface area contributed by atoms with E-state index in [1.165, 1.54) is 51.7 Å². The van der Waals surface area contributed by atoms with E-state index in [1.54, 1.807) is 0 Å². The molecule has 0 bridgehead atoms. The quantitative estimate of drug-likeness (QED) is 0.723. The summed E-state index contributed by atoms with van der Waals surface area (Å²) in [5, 5.41) is 3.18. The second-order valence-electron chi connectivity index (χ2n) is 9.86. The Morgan fingerprint density at radius 2 is 1.55 bits per heavy atom. The van der Waals surface area contributed by atoms with Crippen molar-refractivity contribution in [3.63, 3.8) is 0 Å². The third-order valence-corrected chi connectivity index (χ3v) is 7.44. The van der Waals surface area contributed by atoms with Gasteiger partial charge in [-0.1, -0.05) is 0 Å². The summed E-state index contributed by atoms with van der Waals surface area (Å²) in [5.41, 5.74) is 2.30. The fourth-order valence-electron chi connectivity index (χ4n) is 5.39. The monoisotopic (exact) mass is 451 g/mol. The topological polar surface area (TPSA) is 77.5 Å². The van der Waals surface area contributed by atoms with Crippen molar-refractivity contribution < 1.29 is 4.79 Å². The second-order valence-corrected chi connectivity index (χ2v) is 9.86. The van der Waals surface area contributed by atoms with E-state index in [1.807, 2.05) is 19.1 Å². The molecule has 3 fully saturated rings. The Kier molecular flexibility index (Phi) is 7.02. The number of amides is 1. The SMILES string of the molecule is Cc1nc(C(=O)NC2CCN(CCN3CCCC3)CC2)nc2ccc(N3CCCCC3)nc12. The standard InChI is InChI=1S/C25H37N7O/c1-19-23-21(7-8-22(29-23)32-13-3-2-4-14-32)28-24(26-19)25(33)27-20-9-15-31(16-10-20)18-17-30-11-5-6-12-30/h7-8,20H,2-6,9-18H2,1H3,(H,27,33). The summed E-state index contributed by atoms with van der Waals surface area (Å²) in [6, 6.07) is 4.20. The first-order valence-electron chi connectivity index (χ1n) is 12.8. The maximum absolute atomic E-state index is 12.9. The number of hydrogen-bond donors (Lipinski definition) is 1. The van der Waals surface area contributed by atoms with Gasteiger partial charge in [0, 0.05) is 45.3 Å². The third kappa shape index (κ3) is 5.44. The van der Waals surface area contributed by atoms with Crippen molar-refractivity contribution in [3.8, 4) is 0 Å². The molecule has 2 aromatic rings. The molecule has 3 saturated heterocycles. The maximum Gasteiger partial charge on any atom is 0.289 e. The summed E-state index contributed by atoms with van der Waals surface area (Å²) < 4.78 is 0. The minimum Gasteiger partial charge on any atom is -0.357 e. The van der Waals surface area contributed by atoms with Crippen molar-refractivity contribution in [2.75, 3.05) is 57.3 Å². The van der Waals surface area contributed by atoms with Gasteiger partial charge >= 0.3 is 0 Å². The van der Waals surface area contributed by atoms with Gasteiger partial charge in [0.2, 0.25) is 5.82 Å². The lowest BCUT2D eigenvalue weighted by atomic mass is 10.0. The maximum atomic E-state index is 12.9. The molecule has 0 aromatic carbocycles. The highest BCUT2D eigenvalue weighted by molar-refractivity contribution is 5.93. The van der Waals surface area contributed by atoms with Crippen LogP contribution in [0.2, 0.25) is 0 Å². The van der Waals surface area contributed by atoms with Crippen molar-refractivity contribution in [1.29, 1.82) is 0 Å². The van der Waals surface area contributed by atoms with Crippen molar-refractivity contribution in [2.45, 2.75) is 57.9 Å². The summed E-state index contributed by atoms with van der Waals surface area (Å²) in [7, 11) is 0. The van der Waals surface area contributed by atoms with Crippen molar-refractivity contribution >= 4 is 22.8 Å². The smallest absolute Gasteiger partial charge is 0.289 e. The first-order chi connectivity index (χ1) is 16.2.